The zero-order chi connectivity index (χ0) is 16.4. The summed E-state index contributed by atoms with van der Waals surface area (Å²) in [5.74, 6) is -0.184. The van der Waals surface area contributed by atoms with Gasteiger partial charge in [-0.25, -0.2) is 4.79 Å². The van der Waals surface area contributed by atoms with Gasteiger partial charge in [0.2, 0.25) is 0 Å². The normalized spacial score (nSPS) is 10.7. The van der Waals surface area contributed by atoms with Crippen LogP contribution >= 0.6 is 0 Å². The summed E-state index contributed by atoms with van der Waals surface area (Å²) in [5, 5.41) is 11.0. The molecule has 0 radical (unpaired) electrons. The van der Waals surface area contributed by atoms with Crippen molar-refractivity contribution in [2.45, 2.75) is 20.5 Å². The average molecular weight is 306 g/mol. The molecule has 3 nitrogen and oxygen atoms in total. The second-order valence-corrected chi connectivity index (χ2v) is 5.69. The van der Waals surface area contributed by atoms with E-state index in [1.807, 2.05) is 30.3 Å². The molecule has 0 saturated carbocycles. The van der Waals surface area contributed by atoms with E-state index in [4.69, 9.17) is 9.84 Å². The molecule has 0 bridgehead atoms. The van der Waals surface area contributed by atoms with Gasteiger partial charge in [-0.15, -0.1) is 0 Å². The van der Waals surface area contributed by atoms with Crippen molar-refractivity contribution in [1.29, 1.82) is 0 Å². The smallest absolute Gasteiger partial charge is 0.335 e. The van der Waals surface area contributed by atoms with Crippen molar-refractivity contribution in [3.63, 3.8) is 0 Å². The number of aryl methyl sites for hydroxylation is 2. The number of benzene rings is 3. The summed E-state index contributed by atoms with van der Waals surface area (Å²) >= 11 is 0. The average Bonchev–Trinajstić information content (AvgIpc) is 2.53. The van der Waals surface area contributed by atoms with E-state index in [0.29, 0.717) is 6.61 Å². The minimum atomic E-state index is -0.922. The van der Waals surface area contributed by atoms with E-state index in [0.717, 1.165) is 16.5 Å². The van der Waals surface area contributed by atoms with Gasteiger partial charge in [0.15, 0.2) is 0 Å². The second kappa shape index (κ2) is 6.13. The van der Waals surface area contributed by atoms with Gasteiger partial charge >= 0.3 is 5.97 Å². The van der Waals surface area contributed by atoms with Crippen molar-refractivity contribution in [1.82, 2.24) is 0 Å². The van der Waals surface area contributed by atoms with Crippen molar-refractivity contribution in [3.05, 3.63) is 76.9 Å². The molecule has 0 amide bonds. The molecule has 0 fully saturated rings. The lowest BCUT2D eigenvalue weighted by Crippen LogP contribution is -2.00. The van der Waals surface area contributed by atoms with Crippen LogP contribution in [-0.4, -0.2) is 11.1 Å². The summed E-state index contributed by atoms with van der Waals surface area (Å²) in [6.07, 6.45) is 0. The van der Waals surface area contributed by atoms with Crippen LogP contribution in [0.25, 0.3) is 10.8 Å². The Hall–Kier alpha value is -2.81. The molecule has 0 atom stereocenters. The molecule has 0 aromatic heterocycles. The van der Waals surface area contributed by atoms with Gasteiger partial charge in [-0.2, -0.15) is 0 Å². The molecule has 0 heterocycles. The number of fused-ring (bicyclic) bond motifs is 1. The SMILES string of the molecule is Cc1cccc(C)c1COc1ccc2ccc(C(=O)O)cc2c1. The third kappa shape index (κ3) is 3.19. The quantitative estimate of drug-likeness (QED) is 0.757. The molecule has 0 saturated heterocycles. The Morgan fingerprint density at radius 3 is 2.35 bits per heavy atom. The number of aromatic carboxylic acids is 1. The first kappa shape index (κ1) is 15.1. The number of hydrogen-bond donors (Lipinski definition) is 1. The maximum Gasteiger partial charge on any atom is 0.335 e. The Morgan fingerprint density at radius 2 is 1.65 bits per heavy atom. The molecule has 3 heteroatoms. The van der Waals surface area contributed by atoms with Crippen LogP contribution in [-0.2, 0) is 6.61 Å². The topological polar surface area (TPSA) is 46.5 Å². The second-order valence-electron chi connectivity index (χ2n) is 5.69. The number of ether oxygens (including phenoxy) is 1. The molecule has 0 aliphatic rings. The molecule has 0 spiro atoms. The van der Waals surface area contributed by atoms with Crippen LogP contribution in [0, 0.1) is 13.8 Å². The highest BCUT2D eigenvalue weighted by Crippen LogP contribution is 2.24. The van der Waals surface area contributed by atoms with Crippen molar-refractivity contribution >= 4 is 16.7 Å². The minimum Gasteiger partial charge on any atom is -0.489 e. The molecular weight excluding hydrogens is 288 g/mol. The van der Waals surface area contributed by atoms with Gasteiger partial charge in [0.1, 0.15) is 12.4 Å². The van der Waals surface area contributed by atoms with E-state index in [9.17, 15) is 4.79 Å². The predicted molar refractivity (Wildman–Crippen MR) is 91.2 cm³/mol. The van der Waals surface area contributed by atoms with E-state index >= 15 is 0 Å². The lowest BCUT2D eigenvalue weighted by Gasteiger charge is -2.12. The molecular formula is C20H18O3. The predicted octanol–water partition coefficient (Wildman–Crippen LogP) is 4.73. The van der Waals surface area contributed by atoms with Crippen LogP contribution in [0.4, 0.5) is 0 Å². The van der Waals surface area contributed by atoms with Gasteiger partial charge in [-0.1, -0.05) is 30.3 Å². The van der Waals surface area contributed by atoms with E-state index in [1.54, 1.807) is 12.1 Å². The molecule has 116 valence electrons. The maximum absolute atomic E-state index is 11.1. The highest BCUT2D eigenvalue weighted by Gasteiger charge is 2.06. The molecule has 3 aromatic carbocycles. The minimum absolute atomic E-state index is 0.282. The highest BCUT2D eigenvalue weighted by molar-refractivity contribution is 5.94. The first-order chi connectivity index (χ1) is 11.0. The number of rotatable bonds is 4. The van der Waals surface area contributed by atoms with Crippen molar-refractivity contribution in [3.8, 4) is 5.75 Å². The van der Waals surface area contributed by atoms with E-state index < -0.39 is 5.97 Å². The third-order valence-electron chi connectivity index (χ3n) is 4.09. The van der Waals surface area contributed by atoms with E-state index in [1.165, 1.54) is 16.7 Å². The number of hydrogen-bond acceptors (Lipinski definition) is 2. The van der Waals surface area contributed by atoms with E-state index in [-0.39, 0.29) is 5.56 Å². The van der Waals surface area contributed by atoms with Gasteiger partial charge in [0.25, 0.3) is 0 Å². The maximum atomic E-state index is 11.1. The fraction of sp³-hybridized carbons (Fsp3) is 0.150. The highest BCUT2D eigenvalue weighted by atomic mass is 16.5. The van der Waals surface area contributed by atoms with Crippen molar-refractivity contribution < 1.29 is 14.6 Å². The Labute approximate surface area is 135 Å². The monoisotopic (exact) mass is 306 g/mol. The summed E-state index contributed by atoms with van der Waals surface area (Å²) < 4.78 is 5.91. The van der Waals surface area contributed by atoms with Crippen LogP contribution in [0.3, 0.4) is 0 Å². The van der Waals surface area contributed by atoms with Crippen molar-refractivity contribution in [2.24, 2.45) is 0 Å². The first-order valence-electron chi connectivity index (χ1n) is 7.49. The fourth-order valence-corrected chi connectivity index (χ4v) is 2.68. The molecule has 23 heavy (non-hydrogen) atoms. The Morgan fingerprint density at radius 1 is 0.957 bits per heavy atom. The summed E-state index contributed by atoms with van der Waals surface area (Å²) in [7, 11) is 0. The van der Waals surface area contributed by atoms with Crippen LogP contribution in [0.15, 0.2) is 54.6 Å². The number of carboxylic acid groups (broad SMARTS) is 1. The van der Waals surface area contributed by atoms with Crippen LogP contribution in [0.5, 0.6) is 5.75 Å². The van der Waals surface area contributed by atoms with E-state index in [2.05, 4.69) is 26.0 Å². The Balaban J connectivity index is 1.87. The Kier molecular flexibility index (Phi) is 4.02. The summed E-state index contributed by atoms with van der Waals surface area (Å²) in [4.78, 5) is 11.1. The summed E-state index contributed by atoms with van der Waals surface area (Å²) in [6, 6.07) is 17.0. The number of carboxylic acids is 1. The molecule has 0 aliphatic heterocycles. The molecule has 1 N–H and O–H groups in total. The molecule has 3 rings (SSSR count). The fourth-order valence-electron chi connectivity index (χ4n) is 2.68. The van der Waals surface area contributed by atoms with Gasteiger partial charge < -0.3 is 9.84 Å². The van der Waals surface area contributed by atoms with Gasteiger partial charge in [-0.3, -0.25) is 0 Å². The summed E-state index contributed by atoms with van der Waals surface area (Å²) in [5.41, 5.74) is 3.88. The van der Waals surface area contributed by atoms with Gasteiger partial charge in [0.05, 0.1) is 5.56 Å². The standard InChI is InChI=1S/C20H18O3/c1-13-4-3-5-14(2)19(13)12-23-18-9-8-15-6-7-16(20(21)22)10-17(15)11-18/h3-11H,12H2,1-2H3,(H,21,22). The Bertz CT molecular complexity index is 861. The molecule has 3 aromatic rings. The summed E-state index contributed by atoms with van der Waals surface area (Å²) in [6.45, 7) is 4.65. The third-order valence-corrected chi connectivity index (χ3v) is 4.09. The number of carbonyl (C=O) groups is 1. The van der Waals surface area contributed by atoms with Crippen LogP contribution in [0.1, 0.15) is 27.0 Å². The lowest BCUT2D eigenvalue weighted by atomic mass is 10.0. The largest absolute Gasteiger partial charge is 0.489 e. The van der Waals surface area contributed by atoms with Gasteiger partial charge in [0, 0.05) is 0 Å². The molecule has 0 unspecified atom stereocenters. The van der Waals surface area contributed by atoms with Crippen LogP contribution in [0.2, 0.25) is 0 Å². The zero-order valence-corrected chi connectivity index (χ0v) is 13.2. The van der Waals surface area contributed by atoms with Crippen LogP contribution < -0.4 is 4.74 Å². The first-order valence-corrected chi connectivity index (χ1v) is 7.49. The van der Waals surface area contributed by atoms with Gasteiger partial charge in [-0.05, 0) is 65.6 Å². The molecule has 0 aliphatic carbocycles. The van der Waals surface area contributed by atoms with Crippen molar-refractivity contribution in [2.75, 3.05) is 0 Å². The lowest BCUT2D eigenvalue weighted by molar-refractivity contribution is 0.0697. The zero-order valence-electron chi connectivity index (χ0n) is 13.2.